The molecule has 0 saturated carbocycles. The van der Waals surface area contributed by atoms with E-state index in [1.807, 2.05) is 12.1 Å². The first-order valence-corrected chi connectivity index (χ1v) is 7.58. The van der Waals surface area contributed by atoms with Gasteiger partial charge >= 0.3 is 0 Å². The average Bonchev–Trinajstić information content (AvgIpc) is 2.63. The number of methoxy groups -OCH3 is 1. The first-order valence-electron chi connectivity index (χ1n) is 5.99. The van der Waals surface area contributed by atoms with Crippen LogP contribution in [0.4, 0.5) is 0 Å². The molecule has 20 heavy (non-hydrogen) atoms. The van der Waals surface area contributed by atoms with Gasteiger partial charge in [-0.2, -0.15) is 0 Å². The molecule has 0 spiro atoms. The zero-order chi connectivity index (χ0) is 14.9. The number of carbonyl (C=O) groups is 2. The van der Waals surface area contributed by atoms with E-state index in [1.54, 1.807) is 7.11 Å². The minimum Gasteiger partial charge on any atom is -0.495 e. The quantitative estimate of drug-likeness (QED) is 0.779. The molecule has 1 atom stereocenters. The Labute approximate surface area is 133 Å². The number of amides is 2. The number of hydrogen-bond acceptors (Lipinski definition) is 4. The van der Waals surface area contributed by atoms with Gasteiger partial charge in [-0.1, -0.05) is 15.9 Å². The van der Waals surface area contributed by atoms with Crippen molar-refractivity contribution in [1.82, 2.24) is 10.2 Å². The van der Waals surface area contributed by atoms with Crippen LogP contribution >= 0.6 is 31.9 Å². The lowest BCUT2D eigenvalue weighted by atomic mass is 10.1. The van der Waals surface area contributed by atoms with Gasteiger partial charge in [0.25, 0.3) is 0 Å². The Morgan fingerprint density at radius 3 is 2.65 bits per heavy atom. The summed E-state index contributed by atoms with van der Waals surface area (Å²) in [6.07, 6.45) is 0.201. The fourth-order valence-electron chi connectivity index (χ4n) is 2.12. The third-order valence-corrected chi connectivity index (χ3v) is 4.26. The number of nitrogens with one attached hydrogen (secondary N) is 1. The summed E-state index contributed by atoms with van der Waals surface area (Å²) in [4.78, 5) is 24.4. The molecule has 7 heteroatoms. The van der Waals surface area contributed by atoms with Crippen LogP contribution in [0.15, 0.2) is 21.1 Å². The Balaban J connectivity index is 2.12. The highest BCUT2D eigenvalue weighted by Crippen LogP contribution is 2.32. The number of imide groups is 1. The second kappa shape index (κ2) is 6.24. The molecule has 2 amide bonds. The van der Waals surface area contributed by atoms with Crippen LogP contribution in [0.1, 0.15) is 12.0 Å². The van der Waals surface area contributed by atoms with E-state index in [1.165, 1.54) is 7.05 Å². The largest absolute Gasteiger partial charge is 0.495 e. The second-order valence-corrected chi connectivity index (χ2v) is 6.28. The Hall–Kier alpha value is -0.920. The molecule has 1 aromatic carbocycles. The Morgan fingerprint density at radius 1 is 1.40 bits per heavy atom. The molecule has 1 fully saturated rings. The molecule has 1 heterocycles. The first-order chi connectivity index (χ1) is 9.43. The van der Waals surface area contributed by atoms with Crippen molar-refractivity contribution in [2.24, 2.45) is 0 Å². The number of ether oxygens (including phenoxy) is 1. The number of nitrogens with zero attached hydrogens (tertiary/aromatic N) is 1. The molecule has 0 aliphatic carbocycles. The number of hydrogen-bond donors (Lipinski definition) is 1. The number of carbonyl (C=O) groups excluding carboxylic acids is 2. The zero-order valence-electron chi connectivity index (χ0n) is 11.1. The van der Waals surface area contributed by atoms with Crippen LogP contribution in [-0.4, -0.2) is 36.9 Å². The monoisotopic (exact) mass is 404 g/mol. The maximum atomic E-state index is 11.8. The van der Waals surface area contributed by atoms with Gasteiger partial charge in [0.15, 0.2) is 0 Å². The summed E-state index contributed by atoms with van der Waals surface area (Å²) in [6.45, 7) is 0.443. The molecule has 1 saturated heterocycles. The van der Waals surface area contributed by atoms with E-state index < -0.39 is 6.04 Å². The third kappa shape index (κ3) is 3.05. The predicted octanol–water partition coefficient (Wildman–Crippen LogP) is 2.07. The van der Waals surface area contributed by atoms with Gasteiger partial charge in [-0.15, -0.1) is 0 Å². The lowest BCUT2D eigenvalue weighted by Crippen LogP contribution is -2.36. The predicted molar refractivity (Wildman–Crippen MR) is 81.4 cm³/mol. The molecule has 1 aliphatic rings. The second-order valence-electron chi connectivity index (χ2n) is 4.51. The molecule has 0 aromatic heterocycles. The molecular weight excluding hydrogens is 392 g/mol. The van der Waals surface area contributed by atoms with Crippen molar-refractivity contribution in [3.8, 4) is 5.75 Å². The van der Waals surface area contributed by atoms with E-state index in [4.69, 9.17) is 4.74 Å². The average molecular weight is 406 g/mol. The summed E-state index contributed by atoms with van der Waals surface area (Å²) in [5.41, 5.74) is 0.906. The summed E-state index contributed by atoms with van der Waals surface area (Å²) in [6, 6.07) is 3.34. The fourth-order valence-corrected chi connectivity index (χ4v) is 3.60. The molecule has 108 valence electrons. The number of benzene rings is 1. The number of likely N-dealkylation sites (N-methyl/N-ethyl adjacent to an activating group) is 1. The van der Waals surface area contributed by atoms with Gasteiger partial charge in [0.05, 0.1) is 24.0 Å². The van der Waals surface area contributed by atoms with E-state index in [-0.39, 0.29) is 18.2 Å². The Kier molecular flexibility index (Phi) is 4.82. The van der Waals surface area contributed by atoms with Crippen LogP contribution in [0.25, 0.3) is 0 Å². The maximum absolute atomic E-state index is 11.8. The van der Waals surface area contributed by atoms with Crippen molar-refractivity contribution in [3.05, 3.63) is 26.6 Å². The van der Waals surface area contributed by atoms with Crippen molar-refractivity contribution in [2.75, 3.05) is 14.2 Å². The summed E-state index contributed by atoms with van der Waals surface area (Å²) < 4.78 is 7.09. The Morgan fingerprint density at radius 2 is 2.10 bits per heavy atom. The minimum atomic E-state index is -0.463. The standard InChI is InChI=1S/C13H14Br2N2O3/c1-17-11(18)5-10(13(17)19)16-6-7-3-8(14)4-9(15)12(7)20-2/h3-4,10,16H,5-6H2,1-2H3. The van der Waals surface area contributed by atoms with Crippen LogP contribution < -0.4 is 10.1 Å². The molecule has 2 rings (SSSR count). The lowest BCUT2D eigenvalue weighted by molar-refractivity contribution is -0.137. The highest BCUT2D eigenvalue weighted by Gasteiger charge is 2.35. The van der Waals surface area contributed by atoms with Crippen molar-refractivity contribution in [3.63, 3.8) is 0 Å². The number of likely N-dealkylation sites (tertiary alicyclic amines) is 1. The van der Waals surface area contributed by atoms with Gasteiger partial charge in [-0.25, -0.2) is 0 Å². The smallest absolute Gasteiger partial charge is 0.246 e. The SMILES string of the molecule is COc1c(Br)cc(Br)cc1CNC1CC(=O)N(C)C1=O. The van der Waals surface area contributed by atoms with Crippen LogP contribution in [0.5, 0.6) is 5.75 Å². The zero-order valence-corrected chi connectivity index (χ0v) is 14.2. The Bertz CT molecular complexity index is 563. The molecule has 1 aromatic rings. The molecule has 1 unspecified atom stereocenters. The summed E-state index contributed by atoms with van der Waals surface area (Å²) in [7, 11) is 3.10. The molecule has 0 bridgehead atoms. The van der Waals surface area contributed by atoms with Crippen LogP contribution in [-0.2, 0) is 16.1 Å². The van der Waals surface area contributed by atoms with E-state index in [9.17, 15) is 9.59 Å². The van der Waals surface area contributed by atoms with Crippen molar-refractivity contribution in [1.29, 1.82) is 0 Å². The van der Waals surface area contributed by atoms with Gasteiger partial charge in [0, 0.05) is 23.6 Å². The molecule has 0 radical (unpaired) electrons. The van der Waals surface area contributed by atoms with Gasteiger partial charge in [-0.3, -0.25) is 14.5 Å². The number of rotatable bonds is 4. The highest BCUT2D eigenvalue weighted by molar-refractivity contribution is 9.11. The van der Waals surface area contributed by atoms with Gasteiger partial charge in [0.2, 0.25) is 11.8 Å². The highest BCUT2D eigenvalue weighted by atomic mass is 79.9. The molecule has 5 nitrogen and oxygen atoms in total. The van der Waals surface area contributed by atoms with E-state index >= 15 is 0 Å². The summed E-state index contributed by atoms with van der Waals surface area (Å²) in [5.74, 6) is 0.365. The van der Waals surface area contributed by atoms with E-state index in [0.717, 1.165) is 19.4 Å². The van der Waals surface area contributed by atoms with Crippen LogP contribution in [0.3, 0.4) is 0 Å². The third-order valence-electron chi connectivity index (χ3n) is 3.21. The molecule has 1 aliphatic heterocycles. The lowest BCUT2D eigenvalue weighted by Gasteiger charge is -2.14. The summed E-state index contributed by atoms with van der Waals surface area (Å²) in [5, 5.41) is 3.10. The van der Waals surface area contributed by atoms with Crippen molar-refractivity contribution >= 4 is 43.7 Å². The van der Waals surface area contributed by atoms with E-state index in [0.29, 0.717) is 12.3 Å². The van der Waals surface area contributed by atoms with E-state index in [2.05, 4.69) is 37.2 Å². The van der Waals surface area contributed by atoms with Crippen LogP contribution in [0.2, 0.25) is 0 Å². The van der Waals surface area contributed by atoms with Crippen molar-refractivity contribution in [2.45, 2.75) is 19.0 Å². The number of halogens is 2. The van der Waals surface area contributed by atoms with Crippen LogP contribution in [0, 0.1) is 0 Å². The minimum absolute atomic E-state index is 0.158. The normalized spacial score (nSPS) is 18.8. The van der Waals surface area contributed by atoms with Gasteiger partial charge < -0.3 is 10.1 Å². The maximum Gasteiger partial charge on any atom is 0.246 e. The first kappa shape index (κ1) is 15.5. The van der Waals surface area contributed by atoms with Crippen molar-refractivity contribution < 1.29 is 14.3 Å². The molecule has 1 N–H and O–H groups in total. The van der Waals surface area contributed by atoms with Gasteiger partial charge in [-0.05, 0) is 28.1 Å². The van der Waals surface area contributed by atoms with Gasteiger partial charge in [0.1, 0.15) is 5.75 Å². The topological polar surface area (TPSA) is 58.6 Å². The summed E-state index contributed by atoms with van der Waals surface area (Å²) >= 11 is 6.85. The molecular formula is C13H14Br2N2O3. The fraction of sp³-hybridized carbons (Fsp3) is 0.385.